The van der Waals surface area contributed by atoms with Crippen LogP contribution in [0.15, 0.2) is 18.2 Å². The second-order valence-electron chi connectivity index (χ2n) is 3.08. The van der Waals surface area contributed by atoms with Gasteiger partial charge >= 0.3 is 5.97 Å². The number of carbonyl (C=O) groups excluding carboxylic acids is 1. The number of anilines is 1. The number of hydrogen-bond acceptors (Lipinski definition) is 3. The number of hydrogen-bond donors (Lipinski definition) is 3. The third-order valence-corrected chi connectivity index (χ3v) is 2.13. The summed E-state index contributed by atoms with van der Waals surface area (Å²) < 4.78 is 0. The second-order valence-corrected chi connectivity index (χ2v) is 3.49. The maximum Gasteiger partial charge on any atom is 0.337 e. The van der Waals surface area contributed by atoms with Gasteiger partial charge in [0.25, 0.3) is 0 Å². The molecule has 0 spiro atoms. The molecule has 0 aromatic heterocycles. The fourth-order valence-corrected chi connectivity index (χ4v) is 1.39. The van der Waals surface area contributed by atoms with E-state index in [0.717, 1.165) is 0 Å². The van der Waals surface area contributed by atoms with Crippen LogP contribution in [0.5, 0.6) is 0 Å². The van der Waals surface area contributed by atoms with Crippen molar-refractivity contribution in [3.8, 4) is 0 Å². The molecule has 1 rings (SSSR count). The molecular formula is C10H11ClN2O3. The molecule has 6 heteroatoms. The Bertz CT molecular complexity index is 421. The van der Waals surface area contributed by atoms with Crippen LogP contribution in [-0.2, 0) is 4.79 Å². The van der Waals surface area contributed by atoms with Crippen molar-refractivity contribution < 1.29 is 14.7 Å². The van der Waals surface area contributed by atoms with Crippen LogP contribution < -0.4 is 10.6 Å². The van der Waals surface area contributed by atoms with Gasteiger partial charge in [0.2, 0.25) is 5.91 Å². The fourth-order valence-electron chi connectivity index (χ4n) is 1.13. The van der Waals surface area contributed by atoms with Gasteiger partial charge in [-0.25, -0.2) is 4.79 Å². The Labute approximate surface area is 97.4 Å². The number of carboxylic acids is 1. The van der Waals surface area contributed by atoms with Crippen molar-refractivity contribution in [2.75, 3.05) is 18.9 Å². The van der Waals surface area contributed by atoms with E-state index in [1.54, 1.807) is 7.05 Å². The highest BCUT2D eigenvalue weighted by atomic mass is 35.5. The molecule has 0 bridgehead atoms. The zero-order valence-electron chi connectivity index (χ0n) is 8.58. The Hall–Kier alpha value is -1.59. The van der Waals surface area contributed by atoms with Crippen LogP contribution in [0, 0.1) is 0 Å². The van der Waals surface area contributed by atoms with Crippen molar-refractivity contribution in [2.45, 2.75) is 0 Å². The Morgan fingerprint density at radius 3 is 2.62 bits per heavy atom. The fraction of sp³-hybridized carbons (Fsp3) is 0.200. The number of benzene rings is 1. The van der Waals surface area contributed by atoms with Gasteiger partial charge in [-0.05, 0) is 25.2 Å². The third-order valence-electron chi connectivity index (χ3n) is 1.82. The maximum atomic E-state index is 11.2. The van der Waals surface area contributed by atoms with Crippen molar-refractivity contribution in [2.24, 2.45) is 0 Å². The summed E-state index contributed by atoms with van der Waals surface area (Å²) in [4.78, 5) is 21.9. The van der Waals surface area contributed by atoms with Gasteiger partial charge in [-0.2, -0.15) is 0 Å². The van der Waals surface area contributed by atoms with Gasteiger partial charge in [-0.3, -0.25) is 4.79 Å². The van der Waals surface area contributed by atoms with E-state index in [1.165, 1.54) is 18.2 Å². The largest absolute Gasteiger partial charge is 0.478 e. The molecule has 0 radical (unpaired) electrons. The van der Waals surface area contributed by atoms with Gasteiger partial charge in [-0.15, -0.1) is 0 Å². The topological polar surface area (TPSA) is 78.4 Å². The Kier molecular flexibility index (Phi) is 4.28. The Morgan fingerprint density at radius 2 is 2.12 bits per heavy atom. The first-order chi connectivity index (χ1) is 7.54. The number of nitrogens with one attached hydrogen (secondary N) is 2. The van der Waals surface area contributed by atoms with Gasteiger partial charge < -0.3 is 15.7 Å². The van der Waals surface area contributed by atoms with Crippen LogP contribution >= 0.6 is 11.6 Å². The highest BCUT2D eigenvalue weighted by molar-refractivity contribution is 6.33. The molecule has 0 aliphatic carbocycles. The van der Waals surface area contributed by atoms with Gasteiger partial charge in [0.15, 0.2) is 0 Å². The summed E-state index contributed by atoms with van der Waals surface area (Å²) in [5.41, 5.74) is 0.475. The molecule has 16 heavy (non-hydrogen) atoms. The zero-order chi connectivity index (χ0) is 12.1. The van der Waals surface area contributed by atoms with Crippen molar-refractivity contribution in [1.82, 2.24) is 5.32 Å². The predicted octanol–water partition coefficient (Wildman–Crippen LogP) is 1.20. The Balaban J connectivity index is 2.81. The molecule has 86 valence electrons. The molecule has 0 heterocycles. The van der Waals surface area contributed by atoms with Crippen LogP contribution in [0.2, 0.25) is 5.02 Å². The van der Waals surface area contributed by atoms with Crippen molar-refractivity contribution in [1.29, 1.82) is 0 Å². The lowest BCUT2D eigenvalue weighted by atomic mass is 10.2. The van der Waals surface area contributed by atoms with E-state index < -0.39 is 5.97 Å². The molecular weight excluding hydrogens is 232 g/mol. The van der Waals surface area contributed by atoms with Crippen molar-refractivity contribution >= 4 is 29.2 Å². The summed E-state index contributed by atoms with van der Waals surface area (Å²) in [6.07, 6.45) is 0. The normalized spacial score (nSPS) is 9.88. The van der Waals surface area contributed by atoms with Crippen molar-refractivity contribution in [3.63, 3.8) is 0 Å². The van der Waals surface area contributed by atoms with E-state index in [2.05, 4.69) is 10.6 Å². The number of halogens is 1. The smallest absolute Gasteiger partial charge is 0.337 e. The first kappa shape index (κ1) is 12.5. The summed E-state index contributed by atoms with van der Waals surface area (Å²) in [6, 6.07) is 4.24. The SMILES string of the molecule is CNCC(=O)Nc1ccc(C(=O)O)c(Cl)c1. The number of aromatic carboxylic acids is 1. The molecule has 1 aromatic rings. The monoisotopic (exact) mass is 242 g/mol. The zero-order valence-corrected chi connectivity index (χ0v) is 9.34. The lowest BCUT2D eigenvalue weighted by Gasteiger charge is -2.06. The average Bonchev–Trinajstić information content (AvgIpc) is 2.17. The molecule has 0 unspecified atom stereocenters. The molecule has 0 fully saturated rings. The standard InChI is InChI=1S/C10H11ClN2O3/c1-12-5-9(14)13-6-2-3-7(10(15)16)8(11)4-6/h2-4,12H,5H2,1H3,(H,13,14)(H,15,16). The highest BCUT2D eigenvalue weighted by Gasteiger charge is 2.09. The van der Waals surface area contributed by atoms with E-state index >= 15 is 0 Å². The van der Waals surface area contributed by atoms with Gasteiger partial charge in [0, 0.05) is 5.69 Å². The highest BCUT2D eigenvalue weighted by Crippen LogP contribution is 2.20. The number of carbonyl (C=O) groups is 2. The minimum Gasteiger partial charge on any atom is -0.478 e. The molecule has 0 aliphatic heterocycles. The summed E-state index contributed by atoms with van der Waals surface area (Å²) >= 11 is 5.74. The van der Waals surface area contributed by atoms with E-state index in [0.29, 0.717) is 5.69 Å². The lowest BCUT2D eigenvalue weighted by Crippen LogP contribution is -2.25. The van der Waals surface area contributed by atoms with Crippen LogP contribution in [0.1, 0.15) is 10.4 Å². The van der Waals surface area contributed by atoms with Crippen molar-refractivity contribution in [3.05, 3.63) is 28.8 Å². The number of amides is 1. The number of likely N-dealkylation sites (N-methyl/N-ethyl adjacent to an activating group) is 1. The quantitative estimate of drug-likeness (QED) is 0.741. The van der Waals surface area contributed by atoms with E-state index in [1.807, 2.05) is 0 Å². The van der Waals surface area contributed by atoms with Crippen LogP contribution in [0.4, 0.5) is 5.69 Å². The Morgan fingerprint density at radius 1 is 1.44 bits per heavy atom. The average molecular weight is 243 g/mol. The van der Waals surface area contributed by atoms with Crippen LogP contribution in [0.3, 0.4) is 0 Å². The van der Waals surface area contributed by atoms with Crippen LogP contribution in [0.25, 0.3) is 0 Å². The third kappa shape index (κ3) is 3.22. The van der Waals surface area contributed by atoms with Crippen LogP contribution in [-0.4, -0.2) is 30.6 Å². The first-order valence-corrected chi connectivity index (χ1v) is 4.89. The maximum absolute atomic E-state index is 11.2. The van der Waals surface area contributed by atoms with Gasteiger partial charge in [0.1, 0.15) is 0 Å². The molecule has 5 nitrogen and oxygen atoms in total. The minimum atomic E-state index is -1.10. The molecule has 3 N–H and O–H groups in total. The number of carboxylic acid groups (broad SMARTS) is 1. The van der Waals surface area contributed by atoms with E-state index in [-0.39, 0.29) is 23.0 Å². The van der Waals surface area contributed by atoms with Gasteiger partial charge in [-0.1, -0.05) is 11.6 Å². The molecule has 0 aliphatic rings. The lowest BCUT2D eigenvalue weighted by molar-refractivity contribution is -0.115. The van der Waals surface area contributed by atoms with E-state index in [4.69, 9.17) is 16.7 Å². The molecule has 0 atom stereocenters. The predicted molar refractivity (Wildman–Crippen MR) is 61.0 cm³/mol. The molecule has 0 saturated carbocycles. The summed E-state index contributed by atoms with van der Waals surface area (Å²) in [5, 5.41) is 14.1. The first-order valence-electron chi connectivity index (χ1n) is 4.52. The molecule has 0 saturated heterocycles. The summed E-state index contributed by atoms with van der Waals surface area (Å²) in [7, 11) is 1.65. The molecule has 1 amide bonds. The van der Waals surface area contributed by atoms with Gasteiger partial charge in [0.05, 0.1) is 17.1 Å². The summed E-state index contributed by atoms with van der Waals surface area (Å²) in [6.45, 7) is 0.179. The van der Waals surface area contributed by atoms with E-state index in [9.17, 15) is 9.59 Å². The summed E-state index contributed by atoms with van der Waals surface area (Å²) in [5.74, 6) is -1.32. The molecule has 1 aromatic carbocycles. The second kappa shape index (κ2) is 5.48. The number of rotatable bonds is 4. The minimum absolute atomic E-state index is 0.00767.